The summed E-state index contributed by atoms with van der Waals surface area (Å²) in [6.07, 6.45) is 0. The summed E-state index contributed by atoms with van der Waals surface area (Å²) in [5.74, 6) is 0. The number of anilines is 3. The van der Waals surface area contributed by atoms with Gasteiger partial charge in [0.25, 0.3) is 5.56 Å². The lowest BCUT2D eigenvalue weighted by atomic mass is 10.1. The summed E-state index contributed by atoms with van der Waals surface area (Å²) < 4.78 is 9.65. The fourth-order valence-electron chi connectivity index (χ4n) is 5.85. The molecule has 0 radical (unpaired) electrons. The number of para-hydroxylation sites is 2. The third-order valence-corrected chi connectivity index (χ3v) is 10.0. The summed E-state index contributed by atoms with van der Waals surface area (Å²) in [6, 6.07) is 43.2. The van der Waals surface area contributed by atoms with Crippen molar-refractivity contribution in [1.82, 2.24) is 9.38 Å². The van der Waals surface area contributed by atoms with Gasteiger partial charge < -0.3 is 4.42 Å². The molecule has 0 atom stereocenters. The van der Waals surface area contributed by atoms with E-state index in [0.717, 1.165) is 64.6 Å². The van der Waals surface area contributed by atoms with Gasteiger partial charge in [-0.1, -0.05) is 84.1 Å². The molecule has 7 heteroatoms. The van der Waals surface area contributed by atoms with Gasteiger partial charge in [0.2, 0.25) is 0 Å². The van der Waals surface area contributed by atoms with E-state index in [1.54, 1.807) is 11.3 Å². The highest BCUT2D eigenvalue weighted by Crippen LogP contribution is 2.42. The normalized spacial score (nSPS) is 11.8. The minimum absolute atomic E-state index is 0.0376. The number of furan rings is 1. The minimum atomic E-state index is -0.0376. The standard InChI is InChI=1S/C36H21N3O2S2/c40-35-34-28(21-33-39(35)29-11-5-7-13-32(29)42-33)37-36(43-34)38(24-16-14-23(15-17-24)22-8-2-1-3-9-22)25-18-19-31-27(20-25)26-10-4-6-12-30(26)41-31/h1-21H. The zero-order valence-electron chi connectivity index (χ0n) is 22.6. The predicted octanol–water partition coefficient (Wildman–Crippen LogP) is 10.2. The van der Waals surface area contributed by atoms with Crippen LogP contribution in [0.5, 0.6) is 0 Å². The van der Waals surface area contributed by atoms with Gasteiger partial charge in [-0.3, -0.25) is 14.1 Å². The van der Waals surface area contributed by atoms with Crippen molar-refractivity contribution in [3.63, 3.8) is 0 Å². The van der Waals surface area contributed by atoms with Crippen LogP contribution in [0.15, 0.2) is 137 Å². The number of aromatic nitrogens is 2. The predicted molar refractivity (Wildman–Crippen MR) is 180 cm³/mol. The lowest BCUT2D eigenvalue weighted by Gasteiger charge is -2.22. The molecule has 0 aliphatic rings. The highest BCUT2D eigenvalue weighted by atomic mass is 32.1. The van der Waals surface area contributed by atoms with Crippen LogP contribution in [0.2, 0.25) is 0 Å². The molecular weight excluding hydrogens is 571 g/mol. The van der Waals surface area contributed by atoms with Gasteiger partial charge in [0.15, 0.2) is 5.13 Å². The Balaban J connectivity index is 1.26. The van der Waals surface area contributed by atoms with E-state index >= 15 is 0 Å². The number of fused-ring (bicyclic) bond motifs is 7. The van der Waals surface area contributed by atoms with E-state index in [-0.39, 0.29) is 5.56 Å². The fraction of sp³-hybridized carbons (Fsp3) is 0. The van der Waals surface area contributed by atoms with Crippen LogP contribution in [-0.4, -0.2) is 9.38 Å². The maximum atomic E-state index is 13.9. The molecule has 0 saturated carbocycles. The van der Waals surface area contributed by atoms with Gasteiger partial charge in [0, 0.05) is 28.2 Å². The number of hydrogen-bond donors (Lipinski definition) is 0. The molecule has 0 aliphatic carbocycles. The van der Waals surface area contributed by atoms with Crippen molar-refractivity contribution in [2.75, 3.05) is 4.90 Å². The molecule has 43 heavy (non-hydrogen) atoms. The molecule has 4 aromatic heterocycles. The van der Waals surface area contributed by atoms with Crippen molar-refractivity contribution in [3.05, 3.63) is 138 Å². The second-order valence-corrected chi connectivity index (χ2v) is 12.5. The highest BCUT2D eigenvalue weighted by Gasteiger charge is 2.21. The Bertz CT molecular complexity index is 2540. The summed E-state index contributed by atoms with van der Waals surface area (Å²) in [7, 11) is 0. The fourth-order valence-corrected chi connectivity index (χ4v) is 7.95. The molecule has 0 fully saturated rings. The third kappa shape index (κ3) is 3.82. The van der Waals surface area contributed by atoms with Gasteiger partial charge in [-0.25, -0.2) is 4.98 Å². The van der Waals surface area contributed by atoms with Crippen molar-refractivity contribution in [2.24, 2.45) is 0 Å². The van der Waals surface area contributed by atoms with Crippen LogP contribution in [0.3, 0.4) is 0 Å². The van der Waals surface area contributed by atoms with Crippen LogP contribution < -0.4 is 10.5 Å². The lowest BCUT2D eigenvalue weighted by molar-refractivity contribution is 0.669. The van der Waals surface area contributed by atoms with Crippen LogP contribution in [0.1, 0.15) is 0 Å². The van der Waals surface area contributed by atoms with Crippen molar-refractivity contribution in [2.45, 2.75) is 0 Å². The second kappa shape index (κ2) is 9.39. The topological polar surface area (TPSA) is 50.8 Å². The number of thiazole rings is 2. The first-order chi connectivity index (χ1) is 21.2. The summed E-state index contributed by atoms with van der Waals surface area (Å²) in [6.45, 7) is 0. The number of nitrogens with zero attached hydrogens (tertiary/aromatic N) is 3. The van der Waals surface area contributed by atoms with E-state index in [1.165, 1.54) is 11.3 Å². The van der Waals surface area contributed by atoms with Crippen molar-refractivity contribution >= 4 is 86.4 Å². The Labute approximate surface area is 253 Å². The molecule has 0 spiro atoms. The average molecular weight is 592 g/mol. The smallest absolute Gasteiger partial charge is 0.275 e. The SMILES string of the molecule is O=c1c2sc(N(c3ccc(-c4ccccc4)cc3)c3ccc4oc5ccccc5c4c3)nc2cc2sc3ccccc3n12. The Kier molecular flexibility index (Phi) is 5.32. The first kappa shape index (κ1) is 24.4. The first-order valence-electron chi connectivity index (χ1n) is 13.9. The molecule has 0 saturated heterocycles. The molecule has 5 aromatic carbocycles. The molecule has 0 amide bonds. The molecule has 0 N–H and O–H groups in total. The number of hydrogen-bond acceptors (Lipinski definition) is 6. The molecule has 9 aromatic rings. The summed E-state index contributed by atoms with van der Waals surface area (Å²) >= 11 is 3.03. The van der Waals surface area contributed by atoms with E-state index in [9.17, 15) is 4.79 Å². The largest absolute Gasteiger partial charge is 0.456 e. The van der Waals surface area contributed by atoms with Crippen molar-refractivity contribution < 1.29 is 4.42 Å². The molecule has 0 bridgehead atoms. The molecule has 5 nitrogen and oxygen atoms in total. The van der Waals surface area contributed by atoms with Gasteiger partial charge in [-0.05, 0) is 59.7 Å². The zero-order chi connectivity index (χ0) is 28.5. The van der Waals surface area contributed by atoms with Crippen LogP contribution in [0, 0.1) is 0 Å². The van der Waals surface area contributed by atoms with E-state index in [2.05, 4.69) is 65.6 Å². The molecule has 0 unspecified atom stereocenters. The molecule has 204 valence electrons. The first-order valence-corrected chi connectivity index (χ1v) is 15.6. The molecule has 4 heterocycles. The zero-order valence-corrected chi connectivity index (χ0v) is 24.2. The molecular formula is C36H21N3O2S2. The highest BCUT2D eigenvalue weighted by molar-refractivity contribution is 7.24. The van der Waals surface area contributed by atoms with Gasteiger partial charge in [-0.15, -0.1) is 11.3 Å². The van der Waals surface area contributed by atoms with E-state index < -0.39 is 0 Å². The maximum absolute atomic E-state index is 13.9. The number of benzene rings is 5. The quantitative estimate of drug-likeness (QED) is 0.204. The van der Waals surface area contributed by atoms with Crippen molar-refractivity contribution in [1.29, 1.82) is 0 Å². The monoisotopic (exact) mass is 591 g/mol. The van der Waals surface area contributed by atoms with E-state index in [1.807, 2.05) is 71.1 Å². The maximum Gasteiger partial charge on any atom is 0.275 e. The Morgan fingerprint density at radius 3 is 2.26 bits per heavy atom. The summed E-state index contributed by atoms with van der Waals surface area (Å²) in [5, 5.41) is 2.83. The van der Waals surface area contributed by atoms with Crippen LogP contribution in [0.25, 0.3) is 58.3 Å². The van der Waals surface area contributed by atoms with Gasteiger partial charge in [0.1, 0.15) is 20.7 Å². The third-order valence-electron chi connectivity index (χ3n) is 7.88. The van der Waals surface area contributed by atoms with Crippen LogP contribution in [0.4, 0.5) is 16.5 Å². The summed E-state index contributed by atoms with van der Waals surface area (Å²) in [5.41, 5.74) is 7.47. The van der Waals surface area contributed by atoms with Crippen LogP contribution in [-0.2, 0) is 0 Å². The molecule has 0 aliphatic heterocycles. The number of pyridine rings is 1. The summed E-state index contributed by atoms with van der Waals surface area (Å²) in [4.78, 5) is 22.0. The Morgan fingerprint density at radius 1 is 0.651 bits per heavy atom. The molecule has 9 rings (SSSR count). The Hall–Kier alpha value is -5.24. The average Bonchev–Trinajstić information content (AvgIpc) is 3.75. The Morgan fingerprint density at radius 2 is 1.37 bits per heavy atom. The van der Waals surface area contributed by atoms with Crippen molar-refractivity contribution in [3.8, 4) is 11.1 Å². The van der Waals surface area contributed by atoms with Gasteiger partial charge in [-0.2, -0.15) is 0 Å². The number of rotatable bonds is 4. The van der Waals surface area contributed by atoms with Gasteiger partial charge >= 0.3 is 0 Å². The lowest BCUT2D eigenvalue weighted by Crippen LogP contribution is -2.10. The minimum Gasteiger partial charge on any atom is -0.456 e. The second-order valence-electron chi connectivity index (χ2n) is 10.4. The van der Waals surface area contributed by atoms with Gasteiger partial charge in [0.05, 0.1) is 15.7 Å². The van der Waals surface area contributed by atoms with E-state index in [4.69, 9.17) is 9.40 Å². The van der Waals surface area contributed by atoms with Crippen LogP contribution >= 0.6 is 22.7 Å². The van der Waals surface area contributed by atoms with E-state index in [0.29, 0.717) is 10.2 Å².